The summed E-state index contributed by atoms with van der Waals surface area (Å²) in [5.41, 5.74) is 6.29. The Labute approximate surface area is 257 Å². The topological polar surface area (TPSA) is 104 Å². The molecule has 0 saturated carbocycles. The van der Waals surface area contributed by atoms with Crippen molar-refractivity contribution in [3.05, 3.63) is 102 Å². The summed E-state index contributed by atoms with van der Waals surface area (Å²) in [4.78, 5) is 27.5. The molecular formula is C34H36N8O2. The Balaban J connectivity index is 1.12. The molecule has 0 aliphatic carbocycles. The van der Waals surface area contributed by atoms with Gasteiger partial charge in [-0.25, -0.2) is 15.0 Å². The monoisotopic (exact) mass is 588 g/mol. The number of morpholine rings is 1. The van der Waals surface area contributed by atoms with E-state index in [1.54, 1.807) is 0 Å². The highest BCUT2D eigenvalue weighted by Crippen LogP contribution is 2.33. The second kappa shape index (κ2) is 12.3. The zero-order chi connectivity index (χ0) is 29.9. The van der Waals surface area contributed by atoms with Crippen LogP contribution in [0.3, 0.4) is 0 Å². The Kier molecular flexibility index (Phi) is 7.81. The highest BCUT2D eigenvalue weighted by Gasteiger charge is 2.29. The lowest BCUT2D eigenvalue weighted by atomic mass is 10.0. The van der Waals surface area contributed by atoms with E-state index in [1.165, 1.54) is 5.56 Å². The predicted molar refractivity (Wildman–Crippen MR) is 171 cm³/mol. The number of fused-ring (bicyclic) bond motifs is 1. The van der Waals surface area contributed by atoms with Gasteiger partial charge in [-0.2, -0.15) is 4.98 Å². The lowest BCUT2D eigenvalue weighted by Crippen LogP contribution is -2.45. The quantitative estimate of drug-likeness (QED) is 0.237. The zero-order valence-electron chi connectivity index (χ0n) is 25.0. The SMILES string of the molecule is Cc1cnc(N2CCc3c(nc(-c4ccc(Nc5cccc(OCc6ccccc6)n5)cc4)nc3N3CCOC[C@@H]3C)C2)[nH]1. The minimum atomic E-state index is 0.243. The Bertz CT molecular complexity index is 1720. The molecule has 0 bridgehead atoms. The van der Waals surface area contributed by atoms with E-state index >= 15 is 0 Å². The Morgan fingerprint density at radius 1 is 0.977 bits per heavy atom. The van der Waals surface area contributed by atoms with Crippen LogP contribution in [0.15, 0.2) is 79.0 Å². The van der Waals surface area contributed by atoms with Crippen LogP contribution in [0.5, 0.6) is 5.88 Å². The number of hydrogen-bond donors (Lipinski definition) is 2. The number of hydrogen-bond acceptors (Lipinski definition) is 9. The number of anilines is 4. The first-order chi connectivity index (χ1) is 21.6. The van der Waals surface area contributed by atoms with E-state index < -0.39 is 0 Å². The predicted octanol–water partition coefficient (Wildman–Crippen LogP) is 5.68. The number of nitrogens with zero attached hydrogens (tertiary/aromatic N) is 6. The van der Waals surface area contributed by atoms with Crippen molar-refractivity contribution in [2.75, 3.05) is 41.4 Å². The summed E-state index contributed by atoms with van der Waals surface area (Å²) >= 11 is 0. The van der Waals surface area contributed by atoms with Crippen LogP contribution < -0.4 is 19.9 Å². The molecule has 5 heterocycles. The van der Waals surface area contributed by atoms with Gasteiger partial charge in [-0.05, 0) is 56.2 Å². The molecule has 2 aliphatic heterocycles. The molecule has 44 heavy (non-hydrogen) atoms. The third-order valence-corrected chi connectivity index (χ3v) is 8.04. The number of aromatic nitrogens is 5. The van der Waals surface area contributed by atoms with Crippen molar-refractivity contribution >= 4 is 23.3 Å². The van der Waals surface area contributed by atoms with Crippen LogP contribution in [0.2, 0.25) is 0 Å². The fraction of sp³-hybridized carbons (Fsp3) is 0.294. The van der Waals surface area contributed by atoms with Crippen molar-refractivity contribution < 1.29 is 9.47 Å². The molecular weight excluding hydrogens is 552 g/mol. The number of rotatable bonds is 8. The summed E-state index contributed by atoms with van der Waals surface area (Å²) in [7, 11) is 0. The van der Waals surface area contributed by atoms with Crippen LogP contribution in [0.4, 0.5) is 23.3 Å². The molecule has 2 aliphatic rings. The third-order valence-electron chi connectivity index (χ3n) is 8.04. The molecule has 3 aromatic heterocycles. The van der Waals surface area contributed by atoms with Crippen LogP contribution in [0.1, 0.15) is 29.4 Å². The molecule has 2 aromatic carbocycles. The van der Waals surface area contributed by atoms with Gasteiger partial charge in [0, 0.05) is 47.9 Å². The van der Waals surface area contributed by atoms with Crippen LogP contribution in [-0.2, 0) is 24.3 Å². The van der Waals surface area contributed by atoms with E-state index in [2.05, 4.69) is 49.1 Å². The first kappa shape index (κ1) is 27.8. The maximum Gasteiger partial charge on any atom is 0.215 e. The summed E-state index contributed by atoms with van der Waals surface area (Å²) < 4.78 is 11.7. The smallest absolute Gasteiger partial charge is 0.215 e. The normalized spacial score (nSPS) is 16.5. The number of aryl methyl sites for hydroxylation is 1. The molecule has 224 valence electrons. The van der Waals surface area contributed by atoms with Crippen LogP contribution in [-0.4, -0.2) is 57.3 Å². The van der Waals surface area contributed by atoms with E-state index in [4.69, 9.17) is 19.4 Å². The van der Waals surface area contributed by atoms with Crippen molar-refractivity contribution in [2.45, 2.75) is 39.5 Å². The summed E-state index contributed by atoms with van der Waals surface area (Å²) in [5.74, 6) is 3.91. The van der Waals surface area contributed by atoms with Gasteiger partial charge < -0.3 is 29.6 Å². The van der Waals surface area contributed by atoms with E-state index in [0.717, 1.165) is 65.3 Å². The number of aromatic amines is 1. The third kappa shape index (κ3) is 6.07. The molecule has 1 fully saturated rings. The Morgan fingerprint density at radius 3 is 2.64 bits per heavy atom. The van der Waals surface area contributed by atoms with Gasteiger partial charge in [-0.1, -0.05) is 36.4 Å². The van der Waals surface area contributed by atoms with E-state index in [0.29, 0.717) is 38.1 Å². The number of imidazole rings is 1. The van der Waals surface area contributed by atoms with Gasteiger partial charge in [0.15, 0.2) is 5.82 Å². The lowest BCUT2D eigenvalue weighted by molar-refractivity contribution is 0.0984. The van der Waals surface area contributed by atoms with Gasteiger partial charge in [-0.3, -0.25) is 0 Å². The maximum absolute atomic E-state index is 5.91. The molecule has 0 unspecified atom stereocenters. The summed E-state index contributed by atoms with van der Waals surface area (Å²) in [5, 5.41) is 3.39. The Hall–Kier alpha value is -4.96. The second-order valence-corrected chi connectivity index (χ2v) is 11.3. The fourth-order valence-corrected chi connectivity index (χ4v) is 5.71. The van der Waals surface area contributed by atoms with E-state index in [-0.39, 0.29) is 6.04 Å². The molecule has 10 nitrogen and oxygen atoms in total. The van der Waals surface area contributed by atoms with Gasteiger partial charge in [0.2, 0.25) is 11.8 Å². The molecule has 5 aromatic rings. The van der Waals surface area contributed by atoms with Gasteiger partial charge in [-0.15, -0.1) is 0 Å². The van der Waals surface area contributed by atoms with E-state index in [9.17, 15) is 0 Å². The van der Waals surface area contributed by atoms with Crippen LogP contribution >= 0.6 is 0 Å². The first-order valence-corrected chi connectivity index (χ1v) is 15.1. The summed E-state index contributed by atoms with van der Waals surface area (Å²) in [6.45, 7) is 8.44. The molecule has 0 spiro atoms. The highest BCUT2D eigenvalue weighted by atomic mass is 16.5. The number of nitrogens with one attached hydrogen (secondary N) is 2. The average Bonchev–Trinajstić information content (AvgIpc) is 3.50. The van der Waals surface area contributed by atoms with Crippen LogP contribution in [0.25, 0.3) is 11.4 Å². The molecule has 2 N–H and O–H groups in total. The van der Waals surface area contributed by atoms with Gasteiger partial charge in [0.1, 0.15) is 18.2 Å². The first-order valence-electron chi connectivity index (χ1n) is 15.1. The minimum Gasteiger partial charge on any atom is -0.473 e. The second-order valence-electron chi connectivity index (χ2n) is 11.3. The summed E-state index contributed by atoms with van der Waals surface area (Å²) in [6.07, 6.45) is 2.73. The lowest BCUT2D eigenvalue weighted by Gasteiger charge is -2.37. The van der Waals surface area contributed by atoms with Crippen LogP contribution in [0, 0.1) is 6.92 Å². The van der Waals surface area contributed by atoms with Crippen molar-refractivity contribution in [1.82, 2.24) is 24.9 Å². The molecule has 10 heteroatoms. The standard InChI is InChI=1S/C34H36N8O2/c1-23-19-35-34(36-23)41-16-15-28-29(20-41)38-32(40-33(28)42-17-18-43-21-24(42)2)26-11-13-27(14-12-26)37-30-9-6-10-31(39-30)44-22-25-7-4-3-5-8-25/h3-14,19,24H,15-18,20-22H2,1-2H3,(H,35,36)(H,37,39)/t24-/m0/s1. The fourth-order valence-electron chi connectivity index (χ4n) is 5.71. The minimum absolute atomic E-state index is 0.243. The Morgan fingerprint density at radius 2 is 1.84 bits per heavy atom. The molecule has 7 rings (SSSR count). The number of H-pyrrole nitrogens is 1. The number of pyridine rings is 1. The zero-order valence-corrected chi connectivity index (χ0v) is 25.0. The molecule has 0 radical (unpaired) electrons. The molecule has 1 atom stereocenters. The van der Waals surface area contributed by atoms with Crippen molar-refractivity contribution in [2.24, 2.45) is 0 Å². The van der Waals surface area contributed by atoms with E-state index in [1.807, 2.05) is 73.8 Å². The van der Waals surface area contributed by atoms with Gasteiger partial charge >= 0.3 is 0 Å². The average molecular weight is 589 g/mol. The van der Waals surface area contributed by atoms with Crippen molar-refractivity contribution in [1.29, 1.82) is 0 Å². The number of benzene rings is 2. The highest BCUT2D eigenvalue weighted by molar-refractivity contribution is 5.66. The molecule has 0 amide bonds. The van der Waals surface area contributed by atoms with Gasteiger partial charge in [0.25, 0.3) is 0 Å². The van der Waals surface area contributed by atoms with Crippen molar-refractivity contribution in [3.63, 3.8) is 0 Å². The summed E-state index contributed by atoms with van der Waals surface area (Å²) in [6, 6.07) is 24.2. The van der Waals surface area contributed by atoms with Gasteiger partial charge in [0.05, 0.1) is 31.5 Å². The maximum atomic E-state index is 5.91. The van der Waals surface area contributed by atoms with Crippen molar-refractivity contribution in [3.8, 4) is 17.3 Å². The number of ether oxygens (including phenoxy) is 2. The molecule has 1 saturated heterocycles. The largest absolute Gasteiger partial charge is 0.473 e.